The minimum atomic E-state index is -1.17. The Morgan fingerprint density at radius 3 is 2.62 bits per heavy atom. The average Bonchev–Trinajstić information content (AvgIpc) is 2.90. The van der Waals surface area contributed by atoms with Crippen molar-refractivity contribution < 1.29 is 38.4 Å². The molecule has 0 aliphatic carbocycles. The number of para-hydroxylation sites is 1. The molecule has 212 valence electrons. The third-order valence-electron chi connectivity index (χ3n) is 5.35. The summed E-state index contributed by atoms with van der Waals surface area (Å²) in [5.41, 5.74) is 4.28. The fourth-order valence-electron chi connectivity index (χ4n) is 3.70. The van der Waals surface area contributed by atoms with Gasteiger partial charge in [-0.25, -0.2) is 15.0 Å². The molecule has 1 aliphatic rings. The van der Waals surface area contributed by atoms with Gasteiger partial charge in [-0.2, -0.15) is 5.10 Å². The maximum Gasteiger partial charge on any atom is 0.341 e. The third kappa shape index (κ3) is 7.83. The number of allylic oxidation sites excluding steroid dienone is 1. The molecule has 2 aromatic carbocycles. The second kappa shape index (κ2) is 14.1. The largest absolute Gasteiger partial charge is 0.493 e. The number of methoxy groups -OCH3 is 1. The minimum absolute atomic E-state index is 0.0694. The number of carboxylic acids is 1. The predicted octanol–water partition coefficient (Wildman–Crippen LogP) is 2.70. The van der Waals surface area contributed by atoms with E-state index in [9.17, 15) is 14.4 Å². The van der Waals surface area contributed by atoms with Gasteiger partial charge < -0.3 is 34.7 Å². The van der Waals surface area contributed by atoms with Crippen LogP contribution in [0, 0.1) is 0 Å². The summed E-state index contributed by atoms with van der Waals surface area (Å²) in [7, 11) is 1.37. The molecule has 0 saturated heterocycles. The van der Waals surface area contributed by atoms with E-state index in [1.54, 1.807) is 38.1 Å². The van der Waals surface area contributed by atoms with E-state index in [1.165, 1.54) is 25.5 Å². The van der Waals surface area contributed by atoms with E-state index >= 15 is 0 Å². The zero-order chi connectivity index (χ0) is 29.2. The maximum absolute atomic E-state index is 12.7. The molecule has 0 unspecified atom stereocenters. The van der Waals surface area contributed by atoms with Crippen LogP contribution in [0.25, 0.3) is 0 Å². The number of hydrogen-bond donors (Lipinski definition) is 4. The molecule has 0 bridgehead atoms. The highest BCUT2D eigenvalue weighted by Gasteiger charge is 2.32. The molecule has 1 heterocycles. The van der Waals surface area contributed by atoms with E-state index in [4.69, 9.17) is 47.9 Å². The van der Waals surface area contributed by atoms with Crippen molar-refractivity contribution in [2.24, 2.45) is 5.10 Å². The van der Waals surface area contributed by atoms with E-state index < -0.39 is 30.5 Å². The lowest BCUT2D eigenvalue weighted by molar-refractivity contribution is -0.140. The van der Waals surface area contributed by atoms with Crippen molar-refractivity contribution in [3.05, 3.63) is 63.8 Å². The van der Waals surface area contributed by atoms with Crippen LogP contribution in [0.15, 0.2) is 52.8 Å². The van der Waals surface area contributed by atoms with Crippen LogP contribution < -0.4 is 30.3 Å². The molecule has 1 amide bonds. The first-order valence-corrected chi connectivity index (χ1v) is 12.6. The van der Waals surface area contributed by atoms with Crippen molar-refractivity contribution in [3.8, 4) is 17.2 Å². The van der Waals surface area contributed by atoms with E-state index in [1.807, 2.05) is 0 Å². The number of esters is 1. The van der Waals surface area contributed by atoms with Gasteiger partial charge >= 0.3 is 11.9 Å². The highest BCUT2D eigenvalue weighted by Crippen LogP contribution is 2.36. The van der Waals surface area contributed by atoms with Crippen LogP contribution in [-0.2, 0) is 19.1 Å². The standard InChI is InChI=1S/C26H27ClN4O8S/c1-4-37-25(35)22-14(2)29-26(40)30-23(22)16-7-5-6-8-18(16)38-12-20(32)31-28-11-15-9-17(27)24(19(10-15)36-3)39-13-21(33)34/h5-11,23H,4,12-13H2,1-3H3,(H,31,32)(H,33,34)(H2,29,30,40)/t23-/m1/s1. The van der Waals surface area contributed by atoms with Crippen LogP contribution >= 0.6 is 23.8 Å². The average molecular weight is 591 g/mol. The first kappa shape index (κ1) is 30.2. The molecular formula is C26H27ClN4O8S. The lowest BCUT2D eigenvalue weighted by Crippen LogP contribution is -2.45. The minimum Gasteiger partial charge on any atom is -0.493 e. The molecule has 12 nitrogen and oxygen atoms in total. The number of rotatable bonds is 12. The molecule has 0 fully saturated rings. The number of nitrogens with one attached hydrogen (secondary N) is 3. The Morgan fingerprint density at radius 1 is 1.18 bits per heavy atom. The SMILES string of the molecule is CCOC(=O)C1=C(C)NC(=S)N[C@@H]1c1ccccc1OCC(=O)NN=Cc1cc(Cl)c(OCC(=O)O)c(OC)c1. The number of carbonyl (C=O) groups excluding carboxylic acids is 2. The molecule has 0 saturated carbocycles. The molecule has 0 aromatic heterocycles. The maximum atomic E-state index is 12.7. The Kier molecular flexibility index (Phi) is 10.7. The number of carbonyl (C=O) groups is 3. The molecule has 0 radical (unpaired) electrons. The highest BCUT2D eigenvalue weighted by atomic mass is 35.5. The number of halogens is 1. The Morgan fingerprint density at radius 2 is 1.93 bits per heavy atom. The molecule has 4 N–H and O–H groups in total. The fourth-order valence-corrected chi connectivity index (χ4v) is 4.24. The van der Waals surface area contributed by atoms with Gasteiger partial charge in [0.05, 0.1) is 36.6 Å². The zero-order valence-electron chi connectivity index (χ0n) is 21.8. The van der Waals surface area contributed by atoms with Gasteiger partial charge in [0.2, 0.25) is 0 Å². The quantitative estimate of drug-likeness (QED) is 0.125. The van der Waals surface area contributed by atoms with Gasteiger partial charge in [-0.3, -0.25) is 4.79 Å². The summed E-state index contributed by atoms with van der Waals surface area (Å²) < 4.78 is 21.3. The summed E-state index contributed by atoms with van der Waals surface area (Å²) in [5.74, 6) is -1.62. The van der Waals surface area contributed by atoms with E-state index in [2.05, 4.69) is 21.2 Å². The van der Waals surface area contributed by atoms with Gasteiger partial charge in [0.25, 0.3) is 5.91 Å². The van der Waals surface area contributed by atoms with Gasteiger partial charge in [-0.05, 0) is 49.8 Å². The number of carboxylic acid groups (broad SMARTS) is 1. The Bertz CT molecular complexity index is 1360. The summed E-state index contributed by atoms with van der Waals surface area (Å²) >= 11 is 11.5. The van der Waals surface area contributed by atoms with Crippen LogP contribution in [0.1, 0.15) is 31.0 Å². The second-order valence-electron chi connectivity index (χ2n) is 8.13. The van der Waals surface area contributed by atoms with Crippen LogP contribution in [0.5, 0.6) is 17.2 Å². The van der Waals surface area contributed by atoms with Crippen LogP contribution in [-0.4, -0.2) is 61.2 Å². The molecule has 0 spiro atoms. The first-order valence-electron chi connectivity index (χ1n) is 11.9. The topological polar surface area (TPSA) is 157 Å². The van der Waals surface area contributed by atoms with Crippen molar-refractivity contribution in [2.45, 2.75) is 19.9 Å². The lowest BCUT2D eigenvalue weighted by atomic mass is 9.95. The number of thiocarbonyl (C=S) groups is 1. The van der Waals surface area contributed by atoms with Crippen molar-refractivity contribution in [2.75, 3.05) is 26.9 Å². The van der Waals surface area contributed by atoms with Gasteiger partial charge in [0, 0.05) is 11.3 Å². The number of benzene rings is 2. The summed E-state index contributed by atoms with van der Waals surface area (Å²) in [6.07, 6.45) is 1.32. The Labute approximate surface area is 240 Å². The Balaban J connectivity index is 1.69. The molecular weight excluding hydrogens is 564 g/mol. The predicted molar refractivity (Wildman–Crippen MR) is 150 cm³/mol. The second-order valence-corrected chi connectivity index (χ2v) is 8.94. The normalized spacial score (nSPS) is 14.7. The smallest absolute Gasteiger partial charge is 0.341 e. The number of ether oxygens (including phenoxy) is 4. The number of amides is 1. The fraction of sp³-hybridized carbons (Fsp3) is 0.269. The molecule has 1 aliphatic heterocycles. The number of aliphatic carboxylic acids is 1. The molecule has 40 heavy (non-hydrogen) atoms. The van der Waals surface area contributed by atoms with Gasteiger partial charge in [-0.1, -0.05) is 29.8 Å². The van der Waals surface area contributed by atoms with Crippen molar-refractivity contribution in [1.29, 1.82) is 0 Å². The zero-order valence-corrected chi connectivity index (χ0v) is 23.4. The lowest BCUT2D eigenvalue weighted by Gasteiger charge is -2.30. The summed E-state index contributed by atoms with van der Waals surface area (Å²) in [6.45, 7) is 2.66. The van der Waals surface area contributed by atoms with E-state index in [0.717, 1.165) is 0 Å². The van der Waals surface area contributed by atoms with Gasteiger partial charge in [0.1, 0.15) is 5.75 Å². The summed E-state index contributed by atoms with van der Waals surface area (Å²) in [6, 6.07) is 9.25. The molecule has 1 atom stereocenters. The summed E-state index contributed by atoms with van der Waals surface area (Å²) in [5, 5.41) is 19.1. The van der Waals surface area contributed by atoms with E-state index in [-0.39, 0.29) is 29.7 Å². The summed E-state index contributed by atoms with van der Waals surface area (Å²) in [4.78, 5) is 35.9. The number of hydrazone groups is 1. The highest BCUT2D eigenvalue weighted by molar-refractivity contribution is 7.80. The monoisotopic (exact) mass is 590 g/mol. The van der Waals surface area contributed by atoms with Crippen LogP contribution in [0.2, 0.25) is 5.02 Å². The molecule has 14 heteroatoms. The number of hydrogen-bond acceptors (Lipinski definition) is 9. The van der Waals surface area contributed by atoms with Gasteiger partial charge in [0.15, 0.2) is 29.8 Å². The van der Waals surface area contributed by atoms with Gasteiger partial charge in [-0.15, -0.1) is 0 Å². The van der Waals surface area contributed by atoms with Crippen LogP contribution in [0.3, 0.4) is 0 Å². The van der Waals surface area contributed by atoms with Crippen molar-refractivity contribution in [1.82, 2.24) is 16.1 Å². The number of nitrogens with zero attached hydrogens (tertiary/aromatic N) is 1. The first-order chi connectivity index (χ1) is 19.1. The molecule has 2 aromatic rings. The Hall–Kier alpha value is -4.36. The van der Waals surface area contributed by atoms with Crippen molar-refractivity contribution in [3.63, 3.8) is 0 Å². The van der Waals surface area contributed by atoms with Crippen LogP contribution in [0.4, 0.5) is 0 Å². The van der Waals surface area contributed by atoms with Crippen molar-refractivity contribution >= 4 is 53.0 Å². The molecule has 3 rings (SSSR count). The third-order valence-corrected chi connectivity index (χ3v) is 5.85. The van der Waals surface area contributed by atoms with E-state index in [0.29, 0.717) is 33.3 Å².